The second-order valence-corrected chi connectivity index (χ2v) is 5.24. The molecular formula is C16H17NO3. The van der Waals surface area contributed by atoms with E-state index in [1.54, 1.807) is 6.07 Å². The number of benzene rings is 2. The van der Waals surface area contributed by atoms with E-state index in [-0.39, 0.29) is 19.1 Å². The molecule has 0 unspecified atom stereocenters. The Hall–Kier alpha value is -1.91. The van der Waals surface area contributed by atoms with Crippen molar-refractivity contribution in [2.45, 2.75) is 12.0 Å². The molecule has 1 aliphatic rings. The molecule has 0 aromatic heterocycles. The Balaban J connectivity index is 1.79. The standard InChI is InChI=1S/C16H17NO3/c18-15(17-10-16(19)8-9-20-11-16)14-7-3-5-12-4-1-2-6-13(12)14/h1-7,19H,8-11H2,(H,17,18)/t16-/m0/s1. The van der Waals surface area contributed by atoms with E-state index in [0.717, 1.165) is 10.8 Å². The molecule has 2 aromatic rings. The maximum Gasteiger partial charge on any atom is 0.252 e. The van der Waals surface area contributed by atoms with Crippen LogP contribution in [0, 0.1) is 0 Å². The largest absolute Gasteiger partial charge is 0.386 e. The molecule has 1 atom stereocenters. The van der Waals surface area contributed by atoms with E-state index < -0.39 is 5.60 Å². The predicted molar refractivity (Wildman–Crippen MR) is 76.7 cm³/mol. The third-order valence-electron chi connectivity index (χ3n) is 3.69. The van der Waals surface area contributed by atoms with Gasteiger partial charge in [0.2, 0.25) is 0 Å². The van der Waals surface area contributed by atoms with Gasteiger partial charge in [-0.1, -0.05) is 36.4 Å². The summed E-state index contributed by atoms with van der Waals surface area (Å²) in [7, 11) is 0. The molecule has 4 nitrogen and oxygen atoms in total. The summed E-state index contributed by atoms with van der Waals surface area (Å²) in [5.74, 6) is -0.165. The number of amides is 1. The van der Waals surface area contributed by atoms with Crippen LogP contribution in [0.2, 0.25) is 0 Å². The topological polar surface area (TPSA) is 58.6 Å². The van der Waals surface area contributed by atoms with Crippen LogP contribution in [-0.2, 0) is 4.74 Å². The number of nitrogens with one attached hydrogen (secondary N) is 1. The zero-order chi connectivity index (χ0) is 14.0. The third-order valence-corrected chi connectivity index (χ3v) is 3.69. The van der Waals surface area contributed by atoms with Gasteiger partial charge in [-0.15, -0.1) is 0 Å². The zero-order valence-corrected chi connectivity index (χ0v) is 11.1. The molecule has 0 radical (unpaired) electrons. The van der Waals surface area contributed by atoms with E-state index in [4.69, 9.17) is 4.74 Å². The van der Waals surface area contributed by atoms with Crippen molar-refractivity contribution in [2.24, 2.45) is 0 Å². The van der Waals surface area contributed by atoms with E-state index in [1.807, 2.05) is 36.4 Å². The molecule has 0 spiro atoms. The minimum Gasteiger partial charge on any atom is -0.386 e. The SMILES string of the molecule is O=C(NC[C@@]1(O)CCOC1)c1cccc2ccccc12. The number of carbonyl (C=O) groups excluding carboxylic acids is 1. The van der Waals surface area contributed by atoms with Gasteiger partial charge in [0.15, 0.2) is 0 Å². The normalized spacial score (nSPS) is 22.1. The Morgan fingerprint density at radius 3 is 2.85 bits per heavy atom. The second-order valence-electron chi connectivity index (χ2n) is 5.24. The smallest absolute Gasteiger partial charge is 0.252 e. The average molecular weight is 271 g/mol. The van der Waals surface area contributed by atoms with Crippen molar-refractivity contribution < 1.29 is 14.6 Å². The number of fused-ring (bicyclic) bond motifs is 1. The molecule has 1 aliphatic heterocycles. The van der Waals surface area contributed by atoms with E-state index in [1.165, 1.54) is 0 Å². The fourth-order valence-corrected chi connectivity index (χ4v) is 2.50. The van der Waals surface area contributed by atoms with Gasteiger partial charge in [-0.2, -0.15) is 0 Å². The second kappa shape index (κ2) is 5.23. The number of carbonyl (C=O) groups is 1. The lowest BCUT2D eigenvalue weighted by Gasteiger charge is -2.20. The molecular weight excluding hydrogens is 254 g/mol. The zero-order valence-electron chi connectivity index (χ0n) is 11.1. The summed E-state index contributed by atoms with van der Waals surface area (Å²) in [6.07, 6.45) is 0.558. The molecule has 4 heteroatoms. The van der Waals surface area contributed by atoms with Crippen molar-refractivity contribution in [3.8, 4) is 0 Å². The van der Waals surface area contributed by atoms with E-state index in [9.17, 15) is 9.90 Å². The van der Waals surface area contributed by atoms with Crippen molar-refractivity contribution in [1.29, 1.82) is 0 Å². The molecule has 1 saturated heterocycles. The van der Waals surface area contributed by atoms with Gasteiger partial charge in [-0.3, -0.25) is 4.79 Å². The van der Waals surface area contributed by atoms with Crippen LogP contribution in [0.5, 0.6) is 0 Å². The Morgan fingerprint density at radius 1 is 1.25 bits per heavy atom. The van der Waals surface area contributed by atoms with Gasteiger partial charge in [-0.25, -0.2) is 0 Å². The van der Waals surface area contributed by atoms with Crippen molar-refractivity contribution >= 4 is 16.7 Å². The average Bonchev–Trinajstić information content (AvgIpc) is 2.91. The van der Waals surface area contributed by atoms with Crippen molar-refractivity contribution in [3.05, 3.63) is 48.0 Å². The summed E-state index contributed by atoms with van der Waals surface area (Å²) in [6, 6.07) is 13.4. The van der Waals surface area contributed by atoms with Crippen LogP contribution in [0.3, 0.4) is 0 Å². The molecule has 20 heavy (non-hydrogen) atoms. The summed E-state index contributed by atoms with van der Waals surface area (Å²) in [4.78, 5) is 12.3. The van der Waals surface area contributed by atoms with E-state index in [2.05, 4.69) is 5.32 Å². The van der Waals surface area contributed by atoms with Crippen LogP contribution in [0.15, 0.2) is 42.5 Å². The van der Waals surface area contributed by atoms with Gasteiger partial charge in [0.25, 0.3) is 5.91 Å². The molecule has 2 N–H and O–H groups in total. The van der Waals surface area contributed by atoms with Crippen molar-refractivity contribution in [1.82, 2.24) is 5.32 Å². The fourth-order valence-electron chi connectivity index (χ4n) is 2.50. The molecule has 104 valence electrons. The summed E-state index contributed by atoms with van der Waals surface area (Å²) in [5.41, 5.74) is -0.300. The number of rotatable bonds is 3. The van der Waals surface area contributed by atoms with E-state index in [0.29, 0.717) is 18.6 Å². The Morgan fingerprint density at radius 2 is 2.05 bits per heavy atom. The van der Waals surface area contributed by atoms with Crippen LogP contribution in [0.4, 0.5) is 0 Å². The Labute approximate surface area is 117 Å². The van der Waals surface area contributed by atoms with Crippen LogP contribution in [0.1, 0.15) is 16.8 Å². The maximum atomic E-state index is 12.3. The third kappa shape index (κ3) is 2.53. The molecule has 2 aromatic carbocycles. The van der Waals surface area contributed by atoms with Crippen molar-refractivity contribution in [2.75, 3.05) is 19.8 Å². The highest BCUT2D eigenvalue weighted by atomic mass is 16.5. The molecule has 1 fully saturated rings. The molecule has 0 aliphatic carbocycles. The number of ether oxygens (including phenoxy) is 1. The lowest BCUT2D eigenvalue weighted by molar-refractivity contribution is 0.0265. The number of aliphatic hydroxyl groups is 1. The van der Waals surface area contributed by atoms with Crippen molar-refractivity contribution in [3.63, 3.8) is 0 Å². The van der Waals surface area contributed by atoms with Gasteiger partial charge >= 0.3 is 0 Å². The van der Waals surface area contributed by atoms with Crippen LogP contribution >= 0.6 is 0 Å². The lowest BCUT2D eigenvalue weighted by Crippen LogP contribution is -2.43. The van der Waals surface area contributed by atoms with E-state index >= 15 is 0 Å². The van der Waals surface area contributed by atoms with Crippen LogP contribution in [0.25, 0.3) is 10.8 Å². The Kier molecular flexibility index (Phi) is 3.42. The highest BCUT2D eigenvalue weighted by molar-refractivity contribution is 6.07. The predicted octanol–water partition coefficient (Wildman–Crippen LogP) is 1.72. The molecule has 1 amide bonds. The summed E-state index contributed by atoms with van der Waals surface area (Å²) in [5, 5.41) is 14.9. The first-order valence-corrected chi connectivity index (χ1v) is 6.74. The minimum atomic E-state index is -0.930. The minimum absolute atomic E-state index is 0.165. The highest BCUT2D eigenvalue weighted by Gasteiger charge is 2.32. The van der Waals surface area contributed by atoms with Gasteiger partial charge in [0.05, 0.1) is 6.61 Å². The van der Waals surface area contributed by atoms with Gasteiger partial charge < -0.3 is 15.2 Å². The maximum absolute atomic E-state index is 12.3. The first-order valence-electron chi connectivity index (χ1n) is 6.74. The first-order chi connectivity index (χ1) is 9.68. The number of hydrogen-bond donors (Lipinski definition) is 2. The molecule has 3 rings (SSSR count). The molecule has 1 heterocycles. The first kappa shape index (κ1) is 13.1. The molecule has 0 bridgehead atoms. The van der Waals surface area contributed by atoms with Gasteiger partial charge in [-0.05, 0) is 16.8 Å². The van der Waals surface area contributed by atoms with Gasteiger partial charge in [0.1, 0.15) is 5.60 Å². The van der Waals surface area contributed by atoms with Crippen LogP contribution < -0.4 is 5.32 Å². The fraction of sp³-hybridized carbons (Fsp3) is 0.312. The van der Waals surface area contributed by atoms with Crippen LogP contribution in [-0.4, -0.2) is 36.4 Å². The lowest BCUT2D eigenvalue weighted by atomic mass is 10.0. The monoisotopic (exact) mass is 271 g/mol. The Bertz CT molecular complexity index is 627. The highest BCUT2D eigenvalue weighted by Crippen LogP contribution is 2.20. The number of hydrogen-bond acceptors (Lipinski definition) is 3. The summed E-state index contributed by atoms with van der Waals surface area (Å²) in [6.45, 7) is 1.04. The quantitative estimate of drug-likeness (QED) is 0.893. The molecule has 0 saturated carbocycles. The summed E-state index contributed by atoms with van der Waals surface area (Å²) >= 11 is 0. The summed E-state index contributed by atoms with van der Waals surface area (Å²) < 4.78 is 5.17. The van der Waals surface area contributed by atoms with Gasteiger partial charge in [0, 0.05) is 25.1 Å².